The molecule has 0 spiro atoms. The normalized spacial score (nSPS) is 13.1. The van der Waals surface area contributed by atoms with E-state index in [-0.39, 0.29) is 18.2 Å². The molecule has 0 aromatic heterocycles. The maximum atomic E-state index is 11.9. The molecule has 0 aromatic carbocycles. The molecule has 1 atom stereocenters. The first kappa shape index (κ1) is 19.7. The van der Waals surface area contributed by atoms with Crippen LogP contribution in [0, 0.1) is 11.8 Å². The van der Waals surface area contributed by atoms with Gasteiger partial charge in [0, 0.05) is 13.5 Å². The van der Waals surface area contributed by atoms with Gasteiger partial charge in [-0.25, -0.2) is 0 Å². The molecular formula is C13H24F3N3O2. The van der Waals surface area contributed by atoms with Crippen molar-refractivity contribution in [2.45, 2.75) is 32.9 Å². The maximum absolute atomic E-state index is 11.9. The van der Waals surface area contributed by atoms with Crippen LogP contribution in [0.2, 0.25) is 0 Å². The van der Waals surface area contributed by atoms with Crippen molar-refractivity contribution in [1.29, 1.82) is 0 Å². The molecule has 0 fully saturated rings. The van der Waals surface area contributed by atoms with Crippen LogP contribution >= 0.6 is 0 Å². The second-order valence-corrected chi connectivity index (χ2v) is 5.58. The molecule has 1 unspecified atom stereocenters. The summed E-state index contributed by atoms with van der Waals surface area (Å²) in [5.74, 6) is -0.727. The van der Waals surface area contributed by atoms with Crippen LogP contribution in [-0.4, -0.2) is 49.6 Å². The Morgan fingerprint density at radius 1 is 1.29 bits per heavy atom. The minimum absolute atomic E-state index is 0.0122. The van der Waals surface area contributed by atoms with E-state index in [2.05, 4.69) is 0 Å². The molecule has 5 nitrogen and oxygen atoms in total. The highest BCUT2D eigenvalue weighted by molar-refractivity contribution is 5.84. The third-order valence-corrected chi connectivity index (χ3v) is 2.89. The number of halogens is 3. The zero-order chi connectivity index (χ0) is 16.6. The summed E-state index contributed by atoms with van der Waals surface area (Å²) in [5, 5.41) is 1.73. The lowest BCUT2D eigenvalue weighted by Crippen LogP contribution is -2.42. The van der Waals surface area contributed by atoms with Crippen LogP contribution in [0.25, 0.3) is 0 Å². The minimum atomic E-state index is -4.46. The number of nitrogens with one attached hydrogen (secondary N) is 1. The highest BCUT2D eigenvalue weighted by atomic mass is 19.4. The Kier molecular flexibility index (Phi) is 8.31. The molecule has 0 bridgehead atoms. The fourth-order valence-corrected chi connectivity index (χ4v) is 1.89. The molecular weight excluding hydrogens is 287 g/mol. The van der Waals surface area contributed by atoms with E-state index in [0.29, 0.717) is 12.5 Å². The second kappa shape index (κ2) is 8.86. The van der Waals surface area contributed by atoms with Crippen molar-refractivity contribution in [3.63, 3.8) is 0 Å². The first-order valence-electron chi connectivity index (χ1n) is 6.82. The lowest BCUT2D eigenvalue weighted by molar-refractivity contribution is -0.141. The van der Waals surface area contributed by atoms with E-state index in [4.69, 9.17) is 5.73 Å². The quantitative estimate of drug-likeness (QED) is 0.706. The second-order valence-electron chi connectivity index (χ2n) is 5.58. The van der Waals surface area contributed by atoms with Crippen molar-refractivity contribution in [2.75, 3.05) is 26.7 Å². The fraction of sp³-hybridized carbons (Fsp3) is 0.846. The fourth-order valence-electron chi connectivity index (χ4n) is 1.89. The summed E-state index contributed by atoms with van der Waals surface area (Å²) < 4.78 is 35.8. The number of nitrogens with two attached hydrogens (primary N) is 1. The average Bonchev–Trinajstić information content (AvgIpc) is 2.33. The van der Waals surface area contributed by atoms with Crippen molar-refractivity contribution < 1.29 is 22.8 Å². The summed E-state index contributed by atoms with van der Waals surface area (Å²) in [5.41, 5.74) is 5.59. The van der Waals surface area contributed by atoms with Crippen molar-refractivity contribution in [1.82, 2.24) is 10.2 Å². The standard InChI is InChI=1S/C13H24F3N3O2/c1-9(2)4-10(6-17)5-12(21)19(3)7-11(20)18-8-13(14,15)16/h9-10H,4-8,17H2,1-3H3,(H,18,20). The third-order valence-electron chi connectivity index (χ3n) is 2.89. The van der Waals surface area contributed by atoms with Gasteiger partial charge in [0.1, 0.15) is 6.54 Å². The van der Waals surface area contributed by atoms with Gasteiger partial charge in [-0.2, -0.15) is 13.2 Å². The van der Waals surface area contributed by atoms with E-state index >= 15 is 0 Å². The Morgan fingerprint density at radius 2 is 1.86 bits per heavy atom. The van der Waals surface area contributed by atoms with Gasteiger partial charge in [-0.1, -0.05) is 13.8 Å². The van der Waals surface area contributed by atoms with Gasteiger partial charge in [0.05, 0.1) is 6.54 Å². The molecule has 2 amide bonds. The summed E-state index contributed by atoms with van der Waals surface area (Å²) in [6, 6.07) is 0. The van der Waals surface area contributed by atoms with Crippen molar-refractivity contribution in [3.8, 4) is 0 Å². The van der Waals surface area contributed by atoms with Crippen molar-refractivity contribution in [2.24, 2.45) is 17.6 Å². The molecule has 124 valence electrons. The van der Waals surface area contributed by atoms with E-state index in [0.717, 1.165) is 11.3 Å². The minimum Gasteiger partial charge on any atom is -0.345 e. The summed E-state index contributed by atoms with van der Waals surface area (Å²) in [4.78, 5) is 24.3. The predicted molar refractivity (Wildman–Crippen MR) is 73.3 cm³/mol. The molecule has 0 saturated heterocycles. The topological polar surface area (TPSA) is 75.4 Å². The Labute approximate surface area is 123 Å². The van der Waals surface area contributed by atoms with Gasteiger partial charge in [0.15, 0.2) is 0 Å². The average molecular weight is 311 g/mol. The van der Waals surface area contributed by atoms with Gasteiger partial charge in [-0.05, 0) is 24.8 Å². The highest BCUT2D eigenvalue weighted by Crippen LogP contribution is 2.15. The Hall–Kier alpha value is -1.31. The number of hydrogen-bond donors (Lipinski definition) is 2. The smallest absolute Gasteiger partial charge is 0.345 e. The number of carbonyl (C=O) groups is 2. The van der Waals surface area contributed by atoms with E-state index in [1.165, 1.54) is 7.05 Å². The lowest BCUT2D eigenvalue weighted by Gasteiger charge is -2.21. The number of hydrogen-bond acceptors (Lipinski definition) is 3. The van der Waals surface area contributed by atoms with E-state index in [1.807, 2.05) is 13.8 Å². The predicted octanol–water partition coefficient (Wildman–Crippen LogP) is 1.13. The Bertz CT molecular complexity index is 346. The molecule has 0 aliphatic carbocycles. The first-order chi connectivity index (χ1) is 9.55. The molecule has 0 aliphatic heterocycles. The molecule has 0 saturated carbocycles. The molecule has 0 rings (SSSR count). The van der Waals surface area contributed by atoms with Crippen LogP contribution in [0.3, 0.4) is 0 Å². The summed E-state index contributed by atoms with van der Waals surface area (Å²) in [6.45, 7) is 2.60. The van der Waals surface area contributed by atoms with E-state index < -0.39 is 25.2 Å². The number of rotatable bonds is 8. The Balaban J connectivity index is 4.22. The van der Waals surface area contributed by atoms with Crippen molar-refractivity contribution >= 4 is 11.8 Å². The first-order valence-corrected chi connectivity index (χ1v) is 6.82. The van der Waals surface area contributed by atoms with Gasteiger partial charge >= 0.3 is 6.18 Å². The van der Waals surface area contributed by atoms with Crippen LogP contribution in [0.5, 0.6) is 0 Å². The van der Waals surface area contributed by atoms with Gasteiger partial charge in [0.2, 0.25) is 11.8 Å². The van der Waals surface area contributed by atoms with Gasteiger partial charge in [-0.15, -0.1) is 0 Å². The zero-order valence-electron chi connectivity index (χ0n) is 12.7. The SMILES string of the molecule is CC(C)CC(CN)CC(=O)N(C)CC(=O)NCC(F)(F)F. The van der Waals surface area contributed by atoms with E-state index in [9.17, 15) is 22.8 Å². The number of nitrogens with zero attached hydrogens (tertiary/aromatic N) is 1. The monoisotopic (exact) mass is 311 g/mol. The summed E-state index contributed by atoms with van der Waals surface area (Å²) in [6.07, 6.45) is -3.48. The molecule has 0 aromatic rings. The third kappa shape index (κ3) is 10.1. The van der Waals surface area contributed by atoms with Crippen LogP contribution in [0.15, 0.2) is 0 Å². The molecule has 0 aliphatic rings. The van der Waals surface area contributed by atoms with Gasteiger partial charge in [-0.3, -0.25) is 9.59 Å². The van der Waals surface area contributed by atoms with Gasteiger partial charge in [0.25, 0.3) is 0 Å². The maximum Gasteiger partial charge on any atom is 0.405 e. The summed E-state index contributed by atoms with van der Waals surface area (Å²) >= 11 is 0. The molecule has 0 radical (unpaired) electrons. The van der Waals surface area contributed by atoms with Crippen LogP contribution < -0.4 is 11.1 Å². The van der Waals surface area contributed by atoms with Crippen molar-refractivity contribution in [3.05, 3.63) is 0 Å². The van der Waals surface area contributed by atoms with E-state index in [1.54, 1.807) is 5.32 Å². The van der Waals surface area contributed by atoms with Crippen LogP contribution in [-0.2, 0) is 9.59 Å². The highest BCUT2D eigenvalue weighted by Gasteiger charge is 2.28. The van der Waals surface area contributed by atoms with Gasteiger partial charge < -0.3 is 16.0 Å². The summed E-state index contributed by atoms with van der Waals surface area (Å²) in [7, 11) is 1.39. The molecule has 0 heterocycles. The lowest BCUT2D eigenvalue weighted by atomic mass is 9.94. The van der Waals surface area contributed by atoms with Crippen LogP contribution in [0.4, 0.5) is 13.2 Å². The molecule has 3 N–H and O–H groups in total. The van der Waals surface area contributed by atoms with Crippen LogP contribution in [0.1, 0.15) is 26.7 Å². The number of carbonyl (C=O) groups excluding carboxylic acids is 2. The zero-order valence-corrected chi connectivity index (χ0v) is 12.7. The Morgan fingerprint density at radius 3 is 2.29 bits per heavy atom. The molecule has 21 heavy (non-hydrogen) atoms. The number of likely N-dealkylation sites (N-methyl/N-ethyl adjacent to an activating group) is 1. The number of amides is 2. The molecule has 8 heteroatoms. The number of alkyl halides is 3. The largest absolute Gasteiger partial charge is 0.405 e.